The Hall–Kier alpha value is -1.38. The standard InChI is InChI=1S/C10H14N2O.C4H10/c1-7(2)6-12-9-8(3)4-5-11-10(9)13;1-4(2)3/h4-7H,1-3H3,(H,11,13);4H,1-3H3. The average molecular weight is 236 g/mol. The number of hydrogen-bond donors (Lipinski definition) is 1. The largest absolute Gasteiger partial charge is 0.327 e. The molecular weight excluding hydrogens is 212 g/mol. The number of aromatic amines is 1. The quantitative estimate of drug-likeness (QED) is 0.782. The molecule has 0 saturated carbocycles. The van der Waals surface area contributed by atoms with Gasteiger partial charge in [-0.2, -0.15) is 0 Å². The van der Waals surface area contributed by atoms with Crippen molar-refractivity contribution in [1.82, 2.24) is 4.98 Å². The van der Waals surface area contributed by atoms with Gasteiger partial charge in [-0.1, -0.05) is 34.6 Å². The molecule has 1 heterocycles. The van der Waals surface area contributed by atoms with Gasteiger partial charge in [0.05, 0.1) is 0 Å². The molecule has 17 heavy (non-hydrogen) atoms. The Morgan fingerprint density at radius 2 is 1.76 bits per heavy atom. The topological polar surface area (TPSA) is 45.2 Å². The minimum absolute atomic E-state index is 0.128. The van der Waals surface area contributed by atoms with E-state index in [1.54, 1.807) is 12.4 Å². The van der Waals surface area contributed by atoms with Gasteiger partial charge in [-0.15, -0.1) is 0 Å². The monoisotopic (exact) mass is 236 g/mol. The SMILES string of the molecule is CC(C)C.Cc1cc[nH]c(=O)c1N=CC(C)C. The third kappa shape index (κ3) is 7.50. The number of aryl methyl sites for hydroxylation is 1. The number of rotatable bonds is 2. The summed E-state index contributed by atoms with van der Waals surface area (Å²) in [4.78, 5) is 18.0. The molecule has 3 heteroatoms. The van der Waals surface area contributed by atoms with Crippen molar-refractivity contribution in [1.29, 1.82) is 0 Å². The van der Waals surface area contributed by atoms with Gasteiger partial charge in [0.2, 0.25) is 0 Å². The Kier molecular flexibility index (Phi) is 7.19. The molecule has 1 N–H and O–H groups in total. The minimum atomic E-state index is -0.128. The molecule has 0 atom stereocenters. The third-order valence-corrected chi connectivity index (χ3v) is 1.64. The first-order chi connectivity index (χ1) is 7.84. The number of hydrogen-bond acceptors (Lipinski definition) is 2. The van der Waals surface area contributed by atoms with Gasteiger partial charge in [0, 0.05) is 12.4 Å². The molecule has 1 aromatic rings. The lowest BCUT2D eigenvalue weighted by Gasteiger charge is -1.98. The molecule has 3 nitrogen and oxygen atoms in total. The second-order valence-corrected chi connectivity index (χ2v) is 5.09. The molecule has 0 fully saturated rings. The molecule has 0 bridgehead atoms. The van der Waals surface area contributed by atoms with Gasteiger partial charge in [-0.3, -0.25) is 9.79 Å². The first kappa shape index (κ1) is 15.6. The summed E-state index contributed by atoms with van der Waals surface area (Å²) < 4.78 is 0. The summed E-state index contributed by atoms with van der Waals surface area (Å²) in [6, 6.07) is 1.84. The fourth-order valence-corrected chi connectivity index (χ4v) is 0.953. The lowest BCUT2D eigenvalue weighted by molar-refractivity contribution is 0.737. The molecule has 0 aliphatic carbocycles. The average Bonchev–Trinajstić information content (AvgIpc) is 2.15. The van der Waals surface area contributed by atoms with Crippen LogP contribution in [0, 0.1) is 18.8 Å². The number of H-pyrrole nitrogens is 1. The highest BCUT2D eigenvalue weighted by molar-refractivity contribution is 5.65. The molecule has 0 saturated heterocycles. The van der Waals surface area contributed by atoms with E-state index in [4.69, 9.17) is 0 Å². The molecular formula is C14H24N2O. The second kappa shape index (κ2) is 7.82. The van der Waals surface area contributed by atoms with Crippen LogP contribution in [-0.4, -0.2) is 11.2 Å². The summed E-state index contributed by atoms with van der Waals surface area (Å²) >= 11 is 0. The van der Waals surface area contributed by atoms with Gasteiger partial charge < -0.3 is 4.98 Å². The molecule has 0 aliphatic rings. The zero-order valence-electron chi connectivity index (χ0n) is 11.7. The normalized spacial score (nSPS) is 10.8. The fourth-order valence-electron chi connectivity index (χ4n) is 0.953. The molecule has 0 aliphatic heterocycles. The van der Waals surface area contributed by atoms with Crippen LogP contribution in [0.15, 0.2) is 22.1 Å². The summed E-state index contributed by atoms with van der Waals surface area (Å²) in [6.45, 7) is 12.4. The summed E-state index contributed by atoms with van der Waals surface area (Å²) in [5.41, 5.74) is 1.29. The van der Waals surface area contributed by atoms with Crippen molar-refractivity contribution in [3.8, 4) is 0 Å². The van der Waals surface area contributed by atoms with E-state index in [2.05, 4.69) is 30.7 Å². The molecule has 1 aromatic heterocycles. The maximum atomic E-state index is 11.3. The van der Waals surface area contributed by atoms with Crippen molar-refractivity contribution in [3.05, 3.63) is 28.2 Å². The van der Waals surface area contributed by atoms with Crippen LogP contribution in [0.4, 0.5) is 5.69 Å². The number of pyridine rings is 1. The highest BCUT2D eigenvalue weighted by Gasteiger charge is 1.99. The van der Waals surface area contributed by atoms with E-state index in [0.29, 0.717) is 11.6 Å². The summed E-state index contributed by atoms with van der Waals surface area (Å²) in [7, 11) is 0. The third-order valence-electron chi connectivity index (χ3n) is 1.64. The fraction of sp³-hybridized carbons (Fsp3) is 0.571. The lowest BCUT2D eigenvalue weighted by atomic mass is 10.2. The van der Waals surface area contributed by atoms with Gasteiger partial charge in [0.15, 0.2) is 0 Å². The van der Waals surface area contributed by atoms with Crippen molar-refractivity contribution in [2.75, 3.05) is 0 Å². The van der Waals surface area contributed by atoms with Crippen LogP contribution in [0.25, 0.3) is 0 Å². The van der Waals surface area contributed by atoms with E-state index in [1.807, 2.05) is 26.8 Å². The number of aliphatic imine (C=N–C) groups is 1. The van der Waals surface area contributed by atoms with Crippen LogP contribution in [-0.2, 0) is 0 Å². The van der Waals surface area contributed by atoms with E-state index in [9.17, 15) is 4.79 Å². The molecule has 0 radical (unpaired) electrons. The molecule has 96 valence electrons. The molecule has 0 amide bonds. The van der Waals surface area contributed by atoms with E-state index in [-0.39, 0.29) is 5.56 Å². The van der Waals surface area contributed by atoms with Crippen LogP contribution in [0.1, 0.15) is 40.2 Å². The smallest absolute Gasteiger partial charge is 0.274 e. The number of nitrogens with zero attached hydrogens (tertiary/aromatic N) is 1. The van der Waals surface area contributed by atoms with E-state index >= 15 is 0 Å². The Labute approximate surface area is 104 Å². The van der Waals surface area contributed by atoms with E-state index in [1.165, 1.54) is 0 Å². The van der Waals surface area contributed by atoms with Crippen molar-refractivity contribution in [2.45, 2.75) is 41.5 Å². The van der Waals surface area contributed by atoms with Crippen molar-refractivity contribution in [2.24, 2.45) is 16.8 Å². The molecule has 0 spiro atoms. The highest BCUT2D eigenvalue weighted by atomic mass is 16.1. The second-order valence-electron chi connectivity index (χ2n) is 5.09. The number of nitrogens with one attached hydrogen (secondary N) is 1. The van der Waals surface area contributed by atoms with Crippen LogP contribution < -0.4 is 5.56 Å². The Morgan fingerprint density at radius 3 is 2.18 bits per heavy atom. The molecule has 0 unspecified atom stereocenters. The summed E-state index contributed by atoms with van der Waals surface area (Å²) in [6.07, 6.45) is 3.41. The van der Waals surface area contributed by atoms with Crippen LogP contribution in [0.2, 0.25) is 0 Å². The van der Waals surface area contributed by atoms with Crippen molar-refractivity contribution < 1.29 is 0 Å². The van der Waals surface area contributed by atoms with Gasteiger partial charge in [0.25, 0.3) is 5.56 Å². The van der Waals surface area contributed by atoms with Crippen LogP contribution in [0.3, 0.4) is 0 Å². The zero-order valence-corrected chi connectivity index (χ0v) is 11.7. The molecule has 1 rings (SSSR count). The minimum Gasteiger partial charge on any atom is -0.327 e. The predicted molar refractivity (Wildman–Crippen MR) is 75.3 cm³/mol. The van der Waals surface area contributed by atoms with Gasteiger partial charge in [-0.05, 0) is 30.4 Å². The Bertz CT molecular complexity index is 400. The predicted octanol–water partition coefficient (Wildman–Crippen LogP) is 3.70. The first-order valence-electron chi connectivity index (χ1n) is 6.07. The number of aromatic nitrogens is 1. The van der Waals surface area contributed by atoms with Gasteiger partial charge in [-0.25, -0.2) is 0 Å². The lowest BCUT2D eigenvalue weighted by Crippen LogP contribution is -2.05. The summed E-state index contributed by atoms with van der Waals surface area (Å²) in [5, 5.41) is 0. The summed E-state index contributed by atoms with van der Waals surface area (Å²) in [5.74, 6) is 1.19. The van der Waals surface area contributed by atoms with Crippen LogP contribution >= 0.6 is 0 Å². The zero-order chi connectivity index (χ0) is 13.4. The Morgan fingerprint density at radius 1 is 1.24 bits per heavy atom. The van der Waals surface area contributed by atoms with Crippen molar-refractivity contribution in [3.63, 3.8) is 0 Å². The first-order valence-corrected chi connectivity index (χ1v) is 6.07. The van der Waals surface area contributed by atoms with Crippen LogP contribution in [0.5, 0.6) is 0 Å². The Balaban J connectivity index is 0.000000557. The highest BCUT2D eigenvalue weighted by Crippen LogP contribution is 2.10. The molecule has 0 aromatic carbocycles. The van der Waals surface area contributed by atoms with Gasteiger partial charge >= 0.3 is 0 Å². The van der Waals surface area contributed by atoms with E-state index in [0.717, 1.165) is 11.5 Å². The van der Waals surface area contributed by atoms with Gasteiger partial charge in [0.1, 0.15) is 5.69 Å². The maximum Gasteiger partial charge on any atom is 0.274 e. The maximum absolute atomic E-state index is 11.3. The van der Waals surface area contributed by atoms with Crippen molar-refractivity contribution >= 4 is 11.9 Å². The van der Waals surface area contributed by atoms with E-state index < -0.39 is 0 Å².